The van der Waals surface area contributed by atoms with E-state index in [2.05, 4.69) is 15.1 Å². The molecule has 8 heteroatoms. The Morgan fingerprint density at radius 1 is 1.27 bits per heavy atom. The van der Waals surface area contributed by atoms with E-state index in [1.165, 1.54) is 0 Å². The molecule has 0 bridgehead atoms. The lowest BCUT2D eigenvalue weighted by atomic mass is 9.97. The lowest BCUT2D eigenvalue weighted by Crippen LogP contribution is -2.41. The predicted molar refractivity (Wildman–Crippen MR) is 71.6 cm³/mol. The quantitative estimate of drug-likeness (QED) is 0.872. The van der Waals surface area contributed by atoms with Crippen molar-refractivity contribution in [2.24, 2.45) is 5.92 Å². The molecule has 0 saturated carbocycles. The van der Waals surface area contributed by atoms with Gasteiger partial charge in [0.1, 0.15) is 0 Å². The first-order chi connectivity index (χ1) is 10.5. The fourth-order valence-electron chi connectivity index (χ4n) is 2.59. The van der Waals surface area contributed by atoms with Crippen molar-refractivity contribution in [1.29, 1.82) is 0 Å². The van der Waals surface area contributed by atoms with Crippen LogP contribution in [0.4, 0.5) is 13.2 Å². The van der Waals surface area contributed by atoms with Crippen molar-refractivity contribution in [3.05, 3.63) is 30.4 Å². The average molecular weight is 312 g/mol. The molecule has 0 spiro atoms. The summed E-state index contributed by atoms with van der Waals surface area (Å²) in [5.74, 6) is -0.528. The van der Waals surface area contributed by atoms with Crippen LogP contribution >= 0.6 is 0 Å². The highest BCUT2D eigenvalue weighted by molar-refractivity contribution is 5.52. The fourth-order valence-corrected chi connectivity index (χ4v) is 2.59. The molecule has 1 fully saturated rings. The van der Waals surface area contributed by atoms with Gasteiger partial charge in [-0.3, -0.25) is 9.88 Å². The predicted octanol–water partition coefficient (Wildman–Crippen LogP) is 2.91. The summed E-state index contributed by atoms with van der Waals surface area (Å²) in [6.45, 7) is 0.834. The smallest absolute Gasteiger partial charge is 0.338 e. The third kappa shape index (κ3) is 3.44. The van der Waals surface area contributed by atoms with Gasteiger partial charge in [0.25, 0.3) is 0 Å². The summed E-state index contributed by atoms with van der Waals surface area (Å²) in [5, 5.41) is 3.86. The minimum Gasteiger partial charge on any atom is -0.338 e. The van der Waals surface area contributed by atoms with E-state index in [0.29, 0.717) is 24.7 Å². The molecule has 0 aromatic carbocycles. The Morgan fingerprint density at radius 3 is 2.77 bits per heavy atom. The van der Waals surface area contributed by atoms with E-state index in [-0.39, 0.29) is 19.5 Å². The Labute approximate surface area is 125 Å². The van der Waals surface area contributed by atoms with Crippen LogP contribution < -0.4 is 0 Å². The second kappa shape index (κ2) is 6.04. The van der Waals surface area contributed by atoms with E-state index in [0.717, 1.165) is 5.56 Å². The maximum Gasteiger partial charge on any atom is 0.393 e. The SMILES string of the molecule is FC(F)(F)C1CCCN(Cc2nc(-c3ccncc3)no2)C1. The first kappa shape index (κ1) is 15.0. The van der Waals surface area contributed by atoms with Crippen LogP contribution in [0.15, 0.2) is 29.0 Å². The van der Waals surface area contributed by atoms with E-state index in [1.54, 1.807) is 29.4 Å². The summed E-state index contributed by atoms with van der Waals surface area (Å²) >= 11 is 0. The van der Waals surface area contributed by atoms with Gasteiger partial charge in [0.2, 0.25) is 11.7 Å². The Morgan fingerprint density at radius 2 is 2.05 bits per heavy atom. The van der Waals surface area contributed by atoms with Crippen molar-refractivity contribution in [2.75, 3.05) is 13.1 Å². The van der Waals surface area contributed by atoms with Gasteiger partial charge in [0.15, 0.2) is 0 Å². The maximum atomic E-state index is 12.8. The maximum absolute atomic E-state index is 12.8. The fraction of sp³-hybridized carbons (Fsp3) is 0.500. The van der Waals surface area contributed by atoms with Crippen molar-refractivity contribution in [3.8, 4) is 11.4 Å². The van der Waals surface area contributed by atoms with Gasteiger partial charge in [0, 0.05) is 24.5 Å². The normalized spacial score (nSPS) is 20.2. The largest absolute Gasteiger partial charge is 0.393 e. The molecule has 118 valence electrons. The molecule has 2 aromatic rings. The molecule has 1 unspecified atom stereocenters. The second-order valence-corrected chi connectivity index (χ2v) is 5.36. The molecule has 0 aliphatic carbocycles. The minimum absolute atomic E-state index is 0.0174. The Bertz CT molecular complexity index is 614. The van der Waals surface area contributed by atoms with Gasteiger partial charge >= 0.3 is 6.18 Å². The topological polar surface area (TPSA) is 55.1 Å². The van der Waals surface area contributed by atoms with Crippen LogP contribution in [-0.4, -0.2) is 39.3 Å². The van der Waals surface area contributed by atoms with Crippen LogP contribution in [0.5, 0.6) is 0 Å². The van der Waals surface area contributed by atoms with Crippen LogP contribution in [0, 0.1) is 5.92 Å². The lowest BCUT2D eigenvalue weighted by molar-refractivity contribution is -0.187. The first-order valence-corrected chi connectivity index (χ1v) is 7.04. The van der Waals surface area contributed by atoms with Gasteiger partial charge in [-0.2, -0.15) is 18.2 Å². The molecule has 0 amide bonds. The molecule has 3 heterocycles. The molecular weight excluding hydrogens is 297 g/mol. The number of hydrogen-bond donors (Lipinski definition) is 0. The number of pyridine rings is 1. The van der Waals surface area contributed by atoms with Crippen molar-refractivity contribution < 1.29 is 17.7 Å². The molecule has 22 heavy (non-hydrogen) atoms. The molecule has 1 aliphatic rings. The zero-order valence-corrected chi connectivity index (χ0v) is 11.8. The molecule has 0 N–H and O–H groups in total. The molecule has 5 nitrogen and oxygen atoms in total. The van der Waals surface area contributed by atoms with Gasteiger partial charge in [-0.15, -0.1) is 0 Å². The van der Waals surface area contributed by atoms with E-state index >= 15 is 0 Å². The van der Waals surface area contributed by atoms with Crippen LogP contribution in [0.2, 0.25) is 0 Å². The summed E-state index contributed by atoms with van der Waals surface area (Å²) in [5.41, 5.74) is 0.761. The summed E-state index contributed by atoms with van der Waals surface area (Å²) < 4.78 is 43.5. The molecule has 3 rings (SSSR count). The van der Waals surface area contributed by atoms with Gasteiger partial charge in [-0.05, 0) is 31.5 Å². The van der Waals surface area contributed by atoms with Crippen LogP contribution in [-0.2, 0) is 6.54 Å². The number of alkyl halides is 3. The molecule has 0 radical (unpaired) electrons. The summed E-state index contributed by atoms with van der Waals surface area (Å²) in [6.07, 6.45) is -0.203. The second-order valence-electron chi connectivity index (χ2n) is 5.36. The number of hydrogen-bond acceptors (Lipinski definition) is 5. The summed E-state index contributed by atoms with van der Waals surface area (Å²) in [6, 6.07) is 3.49. The van der Waals surface area contributed by atoms with E-state index in [9.17, 15) is 13.2 Å². The summed E-state index contributed by atoms with van der Waals surface area (Å²) in [7, 11) is 0. The zero-order valence-electron chi connectivity index (χ0n) is 11.8. The van der Waals surface area contributed by atoms with Crippen molar-refractivity contribution in [1.82, 2.24) is 20.0 Å². The van der Waals surface area contributed by atoms with E-state index in [1.807, 2.05) is 0 Å². The third-order valence-electron chi connectivity index (χ3n) is 3.73. The summed E-state index contributed by atoms with van der Waals surface area (Å²) in [4.78, 5) is 9.85. The number of aromatic nitrogens is 3. The Hall–Kier alpha value is -1.96. The molecule has 1 aliphatic heterocycles. The monoisotopic (exact) mass is 312 g/mol. The highest BCUT2D eigenvalue weighted by Gasteiger charge is 2.41. The molecule has 2 aromatic heterocycles. The average Bonchev–Trinajstić information content (AvgIpc) is 2.96. The number of rotatable bonds is 3. The van der Waals surface area contributed by atoms with Gasteiger partial charge in [-0.1, -0.05) is 5.16 Å². The molecular formula is C14H15F3N4O. The van der Waals surface area contributed by atoms with Gasteiger partial charge in [-0.25, -0.2) is 0 Å². The minimum atomic E-state index is -4.14. The number of halogens is 3. The standard InChI is InChI=1S/C14H15F3N4O/c15-14(16,17)11-2-1-7-21(8-11)9-12-19-13(20-22-12)10-3-5-18-6-4-10/h3-6,11H,1-2,7-9H2. The van der Waals surface area contributed by atoms with E-state index in [4.69, 9.17) is 4.52 Å². The first-order valence-electron chi connectivity index (χ1n) is 7.04. The zero-order chi connectivity index (χ0) is 15.6. The number of piperidine rings is 1. The highest BCUT2D eigenvalue weighted by atomic mass is 19.4. The van der Waals surface area contributed by atoms with Crippen molar-refractivity contribution in [3.63, 3.8) is 0 Å². The third-order valence-corrected chi connectivity index (χ3v) is 3.73. The van der Waals surface area contributed by atoms with Crippen LogP contribution in [0.3, 0.4) is 0 Å². The van der Waals surface area contributed by atoms with Crippen LogP contribution in [0.1, 0.15) is 18.7 Å². The van der Waals surface area contributed by atoms with Gasteiger partial charge < -0.3 is 4.52 Å². The lowest BCUT2D eigenvalue weighted by Gasteiger charge is -2.32. The Kier molecular flexibility index (Phi) is 4.10. The Balaban J connectivity index is 1.65. The number of nitrogens with zero attached hydrogens (tertiary/aromatic N) is 4. The molecule has 1 atom stereocenters. The number of likely N-dealkylation sites (tertiary alicyclic amines) is 1. The molecule has 1 saturated heterocycles. The highest BCUT2D eigenvalue weighted by Crippen LogP contribution is 2.33. The van der Waals surface area contributed by atoms with Crippen molar-refractivity contribution >= 4 is 0 Å². The van der Waals surface area contributed by atoms with Crippen LogP contribution in [0.25, 0.3) is 11.4 Å². The van der Waals surface area contributed by atoms with Gasteiger partial charge in [0.05, 0.1) is 12.5 Å². The van der Waals surface area contributed by atoms with Crippen molar-refractivity contribution in [2.45, 2.75) is 25.6 Å². The van der Waals surface area contributed by atoms with E-state index < -0.39 is 12.1 Å².